The molecule has 7 heteroatoms. The number of thioether (sulfide) groups is 1. The lowest BCUT2D eigenvalue weighted by molar-refractivity contribution is 0.318. The van der Waals surface area contributed by atoms with Crippen molar-refractivity contribution in [3.8, 4) is 5.75 Å². The normalized spacial score (nSPS) is 11.3. The molecule has 0 fully saturated rings. The quantitative estimate of drug-likeness (QED) is 0.471. The fraction of sp³-hybridized carbons (Fsp3) is 0.222. The monoisotopic (exact) mass is 359 g/mol. The number of aromatic nitrogens is 3. The van der Waals surface area contributed by atoms with Crippen molar-refractivity contribution in [2.45, 2.75) is 18.5 Å². The fourth-order valence-corrected chi connectivity index (χ4v) is 2.76. The zero-order valence-electron chi connectivity index (χ0n) is 13.7. The molecule has 0 aliphatic carbocycles. The number of benzene rings is 1. The molecule has 0 bridgehead atoms. The van der Waals surface area contributed by atoms with Crippen LogP contribution in [0.15, 0.2) is 46.0 Å². The number of halogens is 1. The highest BCUT2D eigenvalue weighted by molar-refractivity contribution is 7.99. The number of aryl methyl sites for hydroxylation is 1. The highest BCUT2D eigenvalue weighted by Gasteiger charge is 2.02. The van der Waals surface area contributed by atoms with E-state index in [1.54, 1.807) is 23.9 Å². The summed E-state index contributed by atoms with van der Waals surface area (Å²) in [6.07, 6.45) is 4.51. The van der Waals surface area contributed by atoms with Crippen LogP contribution in [0.3, 0.4) is 0 Å². The van der Waals surface area contributed by atoms with Crippen LogP contribution in [0.1, 0.15) is 23.8 Å². The van der Waals surface area contributed by atoms with Crippen molar-refractivity contribution in [3.05, 3.63) is 59.6 Å². The number of furan rings is 1. The summed E-state index contributed by atoms with van der Waals surface area (Å²) in [6, 6.07) is 9.83. The molecule has 2 aromatic heterocycles. The average Bonchev–Trinajstić information content (AvgIpc) is 3.23. The van der Waals surface area contributed by atoms with Crippen LogP contribution in [0.2, 0.25) is 0 Å². The van der Waals surface area contributed by atoms with Crippen molar-refractivity contribution in [3.63, 3.8) is 0 Å². The van der Waals surface area contributed by atoms with E-state index < -0.39 is 0 Å². The lowest BCUT2D eigenvalue weighted by Crippen LogP contribution is -1.98. The van der Waals surface area contributed by atoms with Gasteiger partial charge < -0.3 is 9.15 Å². The average molecular weight is 359 g/mol. The third-order valence-electron chi connectivity index (χ3n) is 3.25. The predicted octanol–water partition coefficient (Wildman–Crippen LogP) is 4.58. The minimum atomic E-state index is -0.264. The smallest absolute Gasteiger partial charge is 0.208 e. The molecule has 0 saturated carbocycles. The Hall–Kier alpha value is -2.54. The zero-order valence-corrected chi connectivity index (χ0v) is 14.6. The van der Waals surface area contributed by atoms with Gasteiger partial charge in [0, 0.05) is 5.75 Å². The van der Waals surface area contributed by atoms with Crippen LogP contribution in [0.25, 0.3) is 12.2 Å². The van der Waals surface area contributed by atoms with E-state index in [1.165, 1.54) is 12.1 Å². The Balaban J connectivity index is 1.38. The summed E-state index contributed by atoms with van der Waals surface area (Å²) < 4.78 is 23.8. The summed E-state index contributed by atoms with van der Waals surface area (Å²) in [7, 11) is 0. The van der Waals surface area contributed by atoms with Crippen LogP contribution < -0.4 is 4.74 Å². The van der Waals surface area contributed by atoms with Gasteiger partial charge in [-0.05, 0) is 61.9 Å². The molecule has 3 aromatic rings. The molecule has 25 heavy (non-hydrogen) atoms. The van der Waals surface area contributed by atoms with E-state index in [1.807, 2.05) is 31.2 Å². The molecule has 5 nitrogen and oxygen atoms in total. The Kier molecular flexibility index (Phi) is 5.90. The van der Waals surface area contributed by atoms with E-state index >= 15 is 0 Å². The lowest BCUT2D eigenvalue weighted by atomic mass is 10.3. The maximum atomic E-state index is 12.8. The van der Waals surface area contributed by atoms with Crippen LogP contribution in [0.4, 0.5) is 4.39 Å². The van der Waals surface area contributed by atoms with Crippen molar-refractivity contribution < 1.29 is 13.5 Å². The second-order valence-electron chi connectivity index (χ2n) is 5.29. The molecule has 1 N–H and O–H groups in total. The first kappa shape index (κ1) is 17.3. The molecule has 2 heterocycles. The molecule has 0 spiro atoms. The van der Waals surface area contributed by atoms with E-state index in [2.05, 4.69) is 15.2 Å². The number of aromatic amines is 1. The minimum Gasteiger partial charge on any atom is -0.494 e. The highest BCUT2D eigenvalue weighted by Crippen LogP contribution is 2.16. The maximum Gasteiger partial charge on any atom is 0.208 e. The van der Waals surface area contributed by atoms with Gasteiger partial charge in [0.2, 0.25) is 5.16 Å². The topological polar surface area (TPSA) is 63.9 Å². The van der Waals surface area contributed by atoms with Gasteiger partial charge in [-0.1, -0.05) is 11.8 Å². The SMILES string of the molecule is Cc1ccc(/C=C/c2nc(SCCCOc3ccc(F)cc3)n[nH]2)o1. The minimum absolute atomic E-state index is 0.264. The van der Waals surface area contributed by atoms with Gasteiger partial charge in [-0.2, -0.15) is 0 Å². The first-order valence-corrected chi connectivity index (χ1v) is 8.86. The van der Waals surface area contributed by atoms with Crippen molar-refractivity contribution >= 4 is 23.9 Å². The van der Waals surface area contributed by atoms with Crippen molar-refractivity contribution in [2.75, 3.05) is 12.4 Å². The van der Waals surface area contributed by atoms with Gasteiger partial charge in [-0.25, -0.2) is 9.37 Å². The Bertz CT molecular complexity index is 827. The largest absolute Gasteiger partial charge is 0.494 e. The van der Waals surface area contributed by atoms with Crippen LogP contribution in [-0.4, -0.2) is 27.5 Å². The molecule has 0 atom stereocenters. The zero-order chi connectivity index (χ0) is 17.5. The van der Waals surface area contributed by atoms with Gasteiger partial charge >= 0.3 is 0 Å². The van der Waals surface area contributed by atoms with Crippen LogP contribution in [0.5, 0.6) is 5.75 Å². The second-order valence-corrected chi connectivity index (χ2v) is 6.35. The van der Waals surface area contributed by atoms with Crippen LogP contribution >= 0.6 is 11.8 Å². The number of ether oxygens (including phenoxy) is 1. The summed E-state index contributed by atoms with van der Waals surface area (Å²) in [5.74, 6) is 3.57. The summed E-state index contributed by atoms with van der Waals surface area (Å²) in [5, 5.41) is 7.73. The molecule has 0 aliphatic heterocycles. The van der Waals surface area contributed by atoms with E-state index in [9.17, 15) is 4.39 Å². The third kappa shape index (κ3) is 5.49. The molecular weight excluding hydrogens is 341 g/mol. The fourth-order valence-electron chi connectivity index (χ4n) is 2.04. The van der Waals surface area contributed by atoms with Crippen molar-refractivity contribution in [2.24, 2.45) is 0 Å². The van der Waals surface area contributed by atoms with Gasteiger partial charge in [0.05, 0.1) is 6.61 Å². The molecule has 0 amide bonds. The van der Waals surface area contributed by atoms with Gasteiger partial charge in [0.15, 0.2) is 0 Å². The highest BCUT2D eigenvalue weighted by atomic mass is 32.2. The standard InChI is InChI=1S/C18H18FN3O2S/c1-13-3-6-16(24-13)9-10-17-20-18(22-21-17)25-12-2-11-23-15-7-4-14(19)5-8-15/h3-10H,2,11-12H2,1H3,(H,20,21,22)/b10-9+. The first-order valence-electron chi connectivity index (χ1n) is 7.87. The van der Waals surface area contributed by atoms with Crippen molar-refractivity contribution in [1.29, 1.82) is 0 Å². The first-order chi connectivity index (χ1) is 12.2. The van der Waals surface area contributed by atoms with Crippen LogP contribution in [0, 0.1) is 12.7 Å². The third-order valence-corrected chi connectivity index (χ3v) is 4.18. The van der Waals surface area contributed by atoms with Gasteiger partial charge in [0.25, 0.3) is 0 Å². The van der Waals surface area contributed by atoms with Gasteiger partial charge in [0.1, 0.15) is 28.9 Å². The number of hydrogen-bond acceptors (Lipinski definition) is 5. The summed E-state index contributed by atoms with van der Waals surface area (Å²) >= 11 is 1.55. The van der Waals surface area contributed by atoms with E-state index in [4.69, 9.17) is 9.15 Å². The summed E-state index contributed by atoms with van der Waals surface area (Å²) in [6.45, 7) is 2.47. The summed E-state index contributed by atoms with van der Waals surface area (Å²) in [4.78, 5) is 4.38. The predicted molar refractivity (Wildman–Crippen MR) is 96.0 cm³/mol. The molecule has 0 aliphatic rings. The van der Waals surface area contributed by atoms with E-state index in [-0.39, 0.29) is 5.82 Å². The molecule has 1 aromatic carbocycles. The Morgan fingerprint density at radius 1 is 1.20 bits per heavy atom. The molecular formula is C18H18FN3O2S. The molecule has 0 saturated heterocycles. The van der Waals surface area contributed by atoms with Gasteiger partial charge in [-0.3, -0.25) is 5.10 Å². The number of nitrogens with zero attached hydrogens (tertiary/aromatic N) is 2. The molecule has 0 radical (unpaired) electrons. The number of rotatable bonds is 8. The van der Waals surface area contributed by atoms with Crippen LogP contribution in [-0.2, 0) is 0 Å². The Morgan fingerprint density at radius 2 is 2.04 bits per heavy atom. The van der Waals surface area contributed by atoms with E-state index in [0.717, 1.165) is 23.7 Å². The second kappa shape index (κ2) is 8.53. The number of hydrogen-bond donors (Lipinski definition) is 1. The lowest BCUT2D eigenvalue weighted by Gasteiger charge is -2.04. The molecule has 0 unspecified atom stereocenters. The maximum absolute atomic E-state index is 12.8. The number of H-pyrrole nitrogens is 1. The Morgan fingerprint density at radius 3 is 2.80 bits per heavy atom. The van der Waals surface area contributed by atoms with Crippen molar-refractivity contribution in [1.82, 2.24) is 15.2 Å². The molecule has 3 rings (SSSR count). The summed E-state index contributed by atoms with van der Waals surface area (Å²) in [5.41, 5.74) is 0. The number of nitrogens with one attached hydrogen (secondary N) is 1. The molecule has 130 valence electrons. The Labute approximate surface area is 149 Å². The van der Waals surface area contributed by atoms with E-state index in [0.29, 0.717) is 23.3 Å². The van der Waals surface area contributed by atoms with Gasteiger partial charge in [-0.15, -0.1) is 5.10 Å².